The number of thiophene rings is 2. The first kappa shape index (κ1) is 18.6. The van der Waals surface area contributed by atoms with Gasteiger partial charge in [-0.15, -0.1) is 22.7 Å². The van der Waals surface area contributed by atoms with Crippen molar-refractivity contribution in [3.05, 3.63) is 58.8 Å². The fourth-order valence-electron chi connectivity index (χ4n) is 3.30. The lowest BCUT2D eigenvalue weighted by atomic mass is 10.2. The first-order valence-corrected chi connectivity index (χ1v) is 11.1. The molecule has 5 rings (SSSR count). The van der Waals surface area contributed by atoms with Crippen LogP contribution in [-0.2, 0) is 11.3 Å². The zero-order chi connectivity index (χ0) is 19.6. The van der Waals surface area contributed by atoms with E-state index in [0.717, 1.165) is 33.7 Å². The van der Waals surface area contributed by atoms with Crippen LogP contribution in [-0.4, -0.2) is 41.2 Å². The van der Waals surface area contributed by atoms with Crippen LogP contribution in [0.5, 0.6) is 11.6 Å². The van der Waals surface area contributed by atoms with E-state index in [1.54, 1.807) is 40.9 Å². The molecule has 148 valence electrons. The van der Waals surface area contributed by atoms with E-state index in [0.29, 0.717) is 31.5 Å². The highest BCUT2D eigenvalue weighted by atomic mass is 32.1. The van der Waals surface area contributed by atoms with Crippen molar-refractivity contribution >= 4 is 32.9 Å². The normalized spacial score (nSPS) is 15.1. The van der Waals surface area contributed by atoms with Gasteiger partial charge in [0.25, 0.3) is 0 Å². The molecule has 29 heavy (non-hydrogen) atoms. The lowest BCUT2D eigenvalue weighted by molar-refractivity contribution is 0.0330. The van der Waals surface area contributed by atoms with E-state index in [2.05, 4.69) is 16.3 Å². The van der Waals surface area contributed by atoms with E-state index in [1.807, 2.05) is 11.4 Å². The molecule has 1 aliphatic rings. The molecule has 8 heteroatoms. The first-order valence-electron chi connectivity index (χ1n) is 9.32. The SMILES string of the molecule is Fc1ccccc1Oc1nc(CN2CCOCC2)nc2scc(-c3cccs3)c12. The monoisotopic (exact) mass is 427 g/mol. The molecule has 1 aromatic carbocycles. The zero-order valence-corrected chi connectivity index (χ0v) is 17.1. The van der Waals surface area contributed by atoms with Crippen LogP contribution in [0.3, 0.4) is 0 Å². The fourth-order valence-corrected chi connectivity index (χ4v) is 5.07. The molecular weight excluding hydrogens is 409 g/mol. The van der Waals surface area contributed by atoms with E-state index in [9.17, 15) is 4.39 Å². The van der Waals surface area contributed by atoms with E-state index in [-0.39, 0.29) is 5.75 Å². The number of ether oxygens (including phenoxy) is 2. The van der Waals surface area contributed by atoms with Gasteiger partial charge in [-0.3, -0.25) is 4.90 Å². The number of fused-ring (bicyclic) bond motifs is 1. The summed E-state index contributed by atoms with van der Waals surface area (Å²) < 4.78 is 25.7. The van der Waals surface area contributed by atoms with Gasteiger partial charge in [0, 0.05) is 28.9 Å². The molecule has 0 aliphatic carbocycles. The van der Waals surface area contributed by atoms with Gasteiger partial charge in [0.1, 0.15) is 10.7 Å². The topological polar surface area (TPSA) is 47.5 Å². The molecule has 0 bridgehead atoms. The lowest BCUT2D eigenvalue weighted by Crippen LogP contribution is -2.36. The molecule has 1 aliphatic heterocycles. The van der Waals surface area contributed by atoms with Crippen LogP contribution in [0.2, 0.25) is 0 Å². The second-order valence-electron chi connectivity index (χ2n) is 6.67. The Kier molecular flexibility index (Phi) is 5.24. The zero-order valence-electron chi connectivity index (χ0n) is 15.5. The maximum absolute atomic E-state index is 14.3. The van der Waals surface area contributed by atoms with Crippen molar-refractivity contribution in [1.82, 2.24) is 14.9 Å². The van der Waals surface area contributed by atoms with Crippen LogP contribution in [0.25, 0.3) is 20.7 Å². The predicted octanol–water partition coefficient (Wildman–Crippen LogP) is 5.18. The summed E-state index contributed by atoms with van der Waals surface area (Å²) in [5, 5.41) is 4.92. The third-order valence-corrected chi connectivity index (χ3v) is 6.52. The molecule has 1 fully saturated rings. The van der Waals surface area contributed by atoms with Gasteiger partial charge in [0.15, 0.2) is 11.6 Å². The Balaban J connectivity index is 1.59. The minimum Gasteiger partial charge on any atom is -0.435 e. The Morgan fingerprint density at radius 1 is 1.07 bits per heavy atom. The number of aromatic nitrogens is 2. The molecule has 0 spiro atoms. The Bertz CT molecular complexity index is 1120. The Labute approximate surface area is 175 Å². The summed E-state index contributed by atoms with van der Waals surface area (Å²) in [5.41, 5.74) is 1.02. The highest BCUT2D eigenvalue weighted by Crippen LogP contribution is 2.41. The van der Waals surface area contributed by atoms with E-state index >= 15 is 0 Å². The van der Waals surface area contributed by atoms with Crippen LogP contribution in [0.4, 0.5) is 4.39 Å². The average Bonchev–Trinajstić information content (AvgIpc) is 3.40. The van der Waals surface area contributed by atoms with Gasteiger partial charge in [0.05, 0.1) is 25.1 Å². The summed E-state index contributed by atoms with van der Waals surface area (Å²) in [6, 6.07) is 10.5. The van der Waals surface area contributed by atoms with Crippen LogP contribution in [0.1, 0.15) is 5.82 Å². The highest BCUT2D eigenvalue weighted by Gasteiger charge is 2.20. The minimum atomic E-state index is -0.415. The second-order valence-corrected chi connectivity index (χ2v) is 8.48. The molecule has 1 saturated heterocycles. The van der Waals surface area contributed by atoms with Gasteiger partial charge in [-0.25, -0.2) is 9.37 Å². The minimum absolute atomic E-state index is 0.160. The second kappa shape index (κ2) is 8.16. The number of halogens is 1. The van der Waals surface area contributed by atoms with E-state index < -0.39 is 5.82 Å². The van der Waals surface area contributed by atoms with E-state index in [4.69, 9.17) is 19.4 Å². The summed E-state index contributed by atoms with van der Waals surface area (Å²) in [7, 11) is 0. The van der Waals surface area contributed by atoms with Crippen LogP contribution >= 0.6 is 22.7 Å². The first-order chi connectivity index (χ1) is 14.3. The van der Waals surface area contributed by atoms with Crippen LogP contribution < -0.4 is 4.74 Å². The highest BCUT2D eigenvalue weighted by molar-refractivity contribution is 7.18. The van der Waals surface area contributed by atoms with Crippen molar-refractivity contribution in [2.24, 2.45) is 0 Å². The molecule has 0 atom stereocenters. The molecule has 0 amide bonds. The number of morpholine rings is 1. The van der Waals surface area contributed by atoms with Gasteiger partial charge >= 0.3 is 0 Å². The number of benzene rings is 1. The summed E-state index contributed by atoms with van der Waals surface area (Å²) >= 11 is 3.20. The van der Waals surface area contributed by atoms with Gasteiger partial charge in [-0.05, 0) is 23.6 Å². The van der Waals surface area contributed by atoms with Gasteiger partial charge < -0.3 is 9.47 Å². The van der Waals surface area contributed by atoms with Crippen LogP contribution in [0.15, 0.2) is 47.2 Å². The lowest BCUT2D eigenvalue weighted by Gasteiger charge is -2.25. The Hall–Kier alpha value is -2.39. The fraction of sp³-hybridized carbons (Fsp3) is 0.238. The molecule has 0 saturated carbocycles. The van der Waals surface area contributed by atoms with Crippen molar-refractivity contribution < 1.29 is 13.9 Å². The number of para-hydroxylation sites is 1. The van der Waals surface area contributed by atoms with Gasteiger partial charge in [-0.2, -0.15) is 4.98 Å². The summed E-state index contributed by atoms with van der Waals surface area (Å²) in [6.07, 6.45) is 0. The third-order valence-electron chi connectivity index (χ3n) is 4.75. The quantitative estimate of drug-likeness (QED) is 0.439. The maximum Gasteiger partial charge on any atom is 0.232 e. The van der Waals surface area contributed by atoms with Gasteiger partial charge in [-0.1, -0.05) is 18.2 Å². The van der Waals surface area contributed by atoms with Crippen molar-refractivity contribution in [3.63, 3.8) is 0 Å². The molecule has 0 radical (unpaired) electrons. The smallest absolute Gasteiger partial charge is 0.232 e. The molecular formula is C21H18FN3O2S2. The van der Waals surface area contributed by atoms with Crippen molar-refractivity contribution in [2.75, 3.05) is 26.3 Å². The van der Waals surface area contributed by atoms with Crippen molar-refractivity contribution in [3.8, 4) is 22.1 Å². The van der Waals surface area contributed by atoms with E-state index in [1.165, 1.54) is 6.07 Å². The summed E-state index contributed by atoms with van der Waals surface area (Å²) in [5.74, 6) is 0.813. The summed E-state index contributed by atoms with van der Waals surface area (Å²) in [6.45, 7) is 3.72. The predicted molar refractivity (Wildman–Crippen MR) is 113 cm³/mol. The van der Waals surface area contributed by atoms with Gasteiger partial charge in [0.2, 0.25) is 5.88 Å². The molecule has 4 heterocycles. The van der Waals surface area contributed by atoms with Crippen molar-refractivity contribution in [2.45, 2.75) is 6.54 Å². The Morgan fingerprint density at radius 2 is 1.93 bits per heavy atom. The molecule has 5 nitrogen and oxygen atoms in total. The number of hydrogen-bond donors (Lipinski definition) is 0. The largest absolute Gasteiger partial charge is 0.435 e. The standard InChI is InChI=1S/C21H18FN3O2S2/c22-15-4-1-2-5-16(15)27-20-19-14(17-6-3-11-28-17)13-29-21(19)24-18(23-20)12-25-7-9-26-10-8-25/h1-6,11,13H,7-10,12H2. The molecule has 4 aromatic rings. The van der Waals surface area contributed by atoms with Crippen molar-refractivity contribution in [1.29, 1.82) is 0 Å². The average molecular weight is 428 g/mol. The summed E-state index contributed by atoms with van der Waals surface area (Å²) in [4.78, 5) is 13.7. The third kappa shape index (κ3) is 3.89. The molecule has 0 unspecified atom stereocenters. The number of nitrogens with zero attached hydrogens (tertiary/aromatic N) is 3. The number of rotatable bonds is 5. The molecule has 0 N–H and O–H groups in total. The van der Waals surface area contributed by atoms with Crippen LogP contribution in [0, 0.1) is 5.82 Å². The number of hydrogen-bond acceptors (Lipinski definition) is 7. The maximum atomic E-state index is 14.3. The molecule has 3 aromatic heterocycles. The Morgan fingerprint density at radius 3 is 2.72 bits per heavy atom.